The molecule has 0 spiro atoms. The third-order valence-electron chi connectivity index (χ3n) is 3.69. The highest BCUT2D eigenvalue weighted by Crippen LogP contribution is 2.34. The van der Waals surface area contributed by atoms with Gasteiger partial charge in [0.2, 0.25) is 0 Å². The third kappa shape index (κ3) is 4.29. The quantitative estimate of drug-likeness (QED) is 0.469. The van der Waals surface area contributed by atoms with E-state index < -0.39 is 0 Å². The lowest BCUT2D eigenvalue weighted by Gasteiger charge is -2.08. The van der Waals surface area contributed by atoms with Crippen molar-refractivity contribution in [1.82, 2.24) is 5.01 Å². The van der Waals surface area contributed by atoms with Crippen LogP contribution in [0.25, 0.3) is 6.08 Å². The topological polar surface area (TPSA) is 71.4 Å². The Kier molecular flexibility index (Phi) is 5.78. The van der Waals surface area contributed by atoms with E-state index >= 15 is 0 Å². The van der Waals surface area contributed by atoms with Crippen molar-refractivity contribution in [1.29, 1.82) is 0 Å². The molecule has 0 saturated carbocycles. The molecule has 0 aliphatic carbocycles. The van der Waals surface area contributed by atoms with Crippen LogP contribution in [-0.4, -0.2) is 40.8 Å². The van der Waals surface area contributed by atoms with Crippen molar-refractivity contribution in [2.45, 2.75) is 0 Å². The maximum Gasteiger partial charge on any atom is 0.286 e. The number of carbonyl (C=O) groups is 1. The fourth-order valence-electron chi connectivity index (χ4n) is 2.34. The number of amides is 1. The minimum Gasteiger partial charge on any atom is -0.508 e. The zero-order valence-corrected chi connectivity index (χ0v) is 16.2. The lowest BCUT2D eigenvalue weighted by molar-refractivity contribution is -0.122. The minimum atomic E-state index is -0.296. The van der Waals surface area contributed by atoms with Crippen LogP contribution in [0.4, 0.5) is 0 Å². The van der Waals surface area contributed by atoms with Crippen molar-refractivity contribution >= 4 is 46.5 Å². The number of phenolic OH excluding ortho intramolecular Hbond substituents is 1. The van der Waals surface area contributed by atoms with Gasteiger partial charge in [-0.15, -0.1) is 0 Å². The summed E-state index contributed by atoms with van der Waals surface area (Å²) in [4.78, 5) is 13.1. The van der Waals surface area contributed by atoms with E-state index in [0.717, 1.165) is 11.1 Å². The molecule has 2 aromatic carbocycles. The molecule has 1 fully saturated rings. The van der Waals surface area contributed by atoms with Crippen molar-refractivity contribution in [2.24, 2.45) is 5.10 Å². The summed E-state index contributed by atoms with van der Waals surface area (Å²) in [5.41, 5.74) is 1.53. The van der Waals surface area contributed by atoms with Gasteiger partial charge in [0, 0.05) is 0 Å². The van der Waals surface area contributed by atoms with Crippen LogP contribution in [0.3, 0.4) is 0 Å². The minimum absolute atomic E-state index is 0.163. The number of nitrogens with zero attached hydrogens (tertiary/aromatic N) is 2. The zero-order chi connectivity index (χ0) is 19.4. The van der Waals surface area contributed by atoms with E-state index in [1.54, 1.807) is 56.7 Å². The molecule has 0 atom stereocenters. The van der Waals surface area contributed by atoms with Crippen LogP contribution in [0.2, 0.25) is 0 Å². The monoisotopic (exact) mass is 400 g/mol. The number of rotatable bonds is 5. The van der Waals surface area contributed by atoms with Gasteiger partial charge in [-0.05, 0) is 65.8 Å². The molecule has 8 heteroatoms. The molecule has 0 bridgehead atoms. The molecule has 3 rings (SSSR count). The number of thiocarbonyl (C=S) groups is 1. The highest BCUT2D eigenvalue weighted by atomic mass is 32.2. The summed E-state index contributed by atoms with van der Waals surface area (Å²) in [6.45, 7) is 0. The van der Waals surface area contributed by atoms with Crippen molar-refractivity contribution in [2.75, 3.05) is 14.2 Å². The normalized spacial score (nSPS) is 15.8. The van der Waals surface area contributed by atoms with Crippen molar-refractivity contribution in [3.63, 3.8) is 0 Å². The summed E-state index contributed by atoms with van der Waals surface area (Å²) in [7, 11) is 3.12. The van der Waals surface area contributed by atoms with E-state index in [1.165, 1.54) is 23.0 Å². The summed E-state index contributed by atoms with van der Waals surface area (Å²) in [5.74, 6) is 1.05. The number of hydrogen-bond acceptors (Lipinski definition) is 7. The Bertz CT molecular complexity index is 939. The molecular weight excluding hydrogens is 384 g/mol. The molecule has 0 radical (unpaired) electrons. The second-order valence-electron chi connectivity index (χ2n) is 5.44. The molecule has 1 aliphatic heterocycles. The average molecular weight is 400 g/mol. The van der Waals surface area contributed by atoms with Gasteiger partial charge in [-0.3, -0.25) is 4.79 Å². The largest absolute Gasteiger partial charge is 0.508 e. The van der Waals surface area contributed by atoms with Crippen LogP contribution in [0, 0.1) is 0 Å². The lowest BCUT2D eigenvalue weighted by Crippen LogP contribution is -2.22. The molecule has 0 aromatic heterocycles. The fourth-order valence-corrected chi connectivity index (χ4v) is 3.51. The van der Waals surface area contributed by atoms with Crippen LogP contribution in [0.15, 0.2) is 52.5 Å². The van der Waals surface area contributed by atoms with E-state index in [2.05, 4.69) is 5.10 Å². The number of hydrazone groups is 1. The Morgan fingerprint density at radius 3 is 2.41 bits per heavy atom. The predicted octanol–water partition coefficient (Wildman–Crippen LogP) is 3.64. The molecule has 1 amide bonds. The summed E-state index contributed by atoms with van der Waals surface area (Å²) in [5, 5.41) is 14.7. The molecule has 138 valence electrons. The molecule has 2 aromatic rings. The number of hydrogen-bond donors (Lipinski definition) is 1. The van der Waals surface area contributed by atoms with Crippen LogP contribution in [-0.2, 0) is 4.79 Å². The molecule has 1 N–H and O–H groups in total. The average Bonchev–Trinajstić information content (AvgIpc) is 2.94. The van der Waals surface area contributed by atoms with E-state index in [0.29, 0.717) is 20.7 Å². The third-order valence-corrected chi connectivity index (χ3v) is 4.98. The Morgan fingerprint density at radius 2 is 1.74 bits per heavy atom. The van der Waals surface area contributed by atoms with Crippen molar-refractivity contribution in [3.8, 4) is 17.2 Å². The first-order valence-electron chi connectivity index (χ1n) is 7.85. The van der Waals surface area contributed by atoms with Gasteiger partial charge < -0.3 is 14.6 Å². The van der Waals surface area contributed by atoms with Gasteiger partial charge in [0.1, 0.15) is 5.75 Å². The fraction of sp³-hybridized carbons (Fsp3) is 0.105. The summed E-state index contributed by atoms with van der Waals surface area (Å²) in [6.07, 6.45) is 3.25. The van der Waals surface area contributed by atoms with Gasteiger partial charge in [0.05, 0.1) is 25.3 Å². The molecule has 27 heavy (non-hydrogen) atoms. The molecule has 1 saturated heterocycles. The Labute approximate surface area is 166 Å². The number of methoxy groups -OCH3 is 2. The number of benzene rings is 2. The van der Waals surface area contributed by atoms with Crippen molar-refractivity contribution in [3.05, 3.63) is 58.5 Å². The second-order valence-corrected chi connectivity index (χ2v) is 7.12. The van der Waals surface area contributed by atoms with Gasteiger partial charge in [0.25, 0.3) is 5.91 Å². The first-order chi connectivity index (χ1) is 13.0. The highest BCUT2D eigenvalue weighted by Gasteiger charge is 2.32. The standard InChI is InChI=1S/C19H16N2O4S2/c1-24-15-8-5-13(9-16(15)25-2)10-17-18(23)21(19(26)27-17)20-11-12-3-6-14(22)7-4-12/h3-11,22H,1-2H3/b17-10+,20-11+. The van der Waals surface area contributed by atoms with Crippen LogP contribution in [0.5, 0.6) is 17.2 Å². The van der Waals surface area contributed by atoms with Crippen LogP contribution < -0.4 is 9.47 Å². The Morgan fingerprint density at radius 1 is 1.07 bits per heavy atom. The van der Waals surface area contributed by atoms with E-state index in [1.807, 2.05) is 6.07 Å². The van der Waals surface area contributed by atoms with Gasteiger partial charge in [-0.2, -0.15) is 10.1 Å². The van der Waals surface area contributed by atoms with Crippen LogP contribution in [0.1, 0.15) is 11.1 Å². The molecule has 1 heterocycles. The number of aromatic hydroxyl groups is 1. The summed E-state index contributed by atoms with van der Waals surface area (Å²) < 4.78 is 10.8. The number of phenols is 1. The zero-order valence-electron chi connectivity index (χ0n) is 14.6. The van der Waals surface area contributed by atoms with Crippen molar-refractivity contribution < 1.29 is 19.4 Å². The predicted molar refractivity (Wildman–Crippen MR) is 110 cm³/mol. The van der Waals surface area contributed by atoms with Gasteiger partial charge in [-0.25, -0.2) is 0 Å². The first kappa shape index (κ1) is 18.9. The number of thioether (sulfide) groups is 1. The maximum absolute atomic E-state index is 12.6. The molecular formula is C19H16N2O4S2. The van der Waals surface area contributed by atoms with E-state index in [-0.39, 0.29) is 11.7 Å². The smallest absolute Gasteiger partial charge is 0.286 e. The number of carbonyl (C=O) groups excluding carboxylic acids is 1. The highest BCUT2D eigenvalue weighted by molar-refractivity contribution is 8.26. The van der Waals surface area contributed by atoms with Crippen LogP contribution >= 0.6 is 24.0 Å². The molecule has 1 aliphatic rings. The van der Waals surface area contributed by atoms with Gasteiger partial charge in [-0.1, -0.05) is 17.8 Å². The van der Waals surface area contributed by atoms with Gasteiger partial charge in [0.15, 0.2) is 15.8 Å². The first-order valence-corrected chi connectivity index (χ1v) is 9.07. The van der Waals surface area contributed by atoms with Gasteiger partial charge >= 0.3 is 0 Å². The lowest BCUT2D eigenvalue weighted by atomic mass is 10.2. The molecule has 6 nitrogen and oxygen atoms in total. The maximum atomic E-state index is 12.6. The Balaban J connectivity index is 1.81. The number of ether oxygens (including phenoxy) is 2. The SMILES string of the molecule is COc1ccc(/C=C2/SC(=S)N(/N=C/c3ccc(O)cc3)C2=O)cc1OC. The molecule has 0 unspecified atom stereocenters. The summed E-state index contributed by atoms with van der Waals surface area (Å²) >= 11 is 6.44. The van der Waals surface area contributed by atoms with E-state index in [4.69, 9.17) is 21.7 Å². The summed E-state index contributed by atoms with van der Waals surface area (Å²) in [6, 6.07) is 11.9. The van der Waals surface area contributed by atoms with E-state index in [9.17, 15) is 9.90 Å². The second kappa shape index (κ2) is 8.24. The Hall–Kier alpha value is -2.84.